The molecule has 1 aromatic carbocycles. The highest BCUT2D eigenvalue weighted by Crippen LogP contribution is 2.37. The molecule has 14 heteroatoms. The van der Waals surface area contributed by atoms with Crippen molar-refractivity contribution in [3.63, 3.8) is 0 Å². The second kappa shape index (κ2) is 11.4. The van der Waals surface area contributed by atoms with Gasteiger partial charge >= 0.3 is 12.3 Å². The molecule has 0 fully saturated rings. The Labute approximate surface area is 239 Å². The number of rotatable bonds is 6. The maximum absolute atomic E-state index is 13.5. The van der Waals surface area contributed by atoms with Crippen LogP contribution >= 0.6 is 0 Å². The van der Waals surface area contributed by atoms with Gasteiger partial charge in [-0.25, -0.2) is 14.8 Å². The van der Waals surface area contributed by atoms with E-state index in [1.165, 1.54) is 7.11 Å². The minimum absolute atomic E-state index is 0.0554. The number of hydrogen-bond donors (Lipinski definition) is 1. The average Bonchev–Trinajstić information content (AvgIpc) is 2.90. The van der Waals surface area contributed by atoms with Crippen LogP contribution in [-0.2, 0) is 10.9 Å². The first-order valence-corrected chi connectivity index (χ1v) is 13.1. The topological polar surface area (TPSA) is 133 Å². The number of nitrogens with zero attached hydrogens (tertiary/aromatic N) is 5. The number of alkyl halides is 3. The lowest BCUT2D eigenvalue weighted by Gasteiger charge is -2.29. The standard InChI is InChI=1S/C28H31F3N6O5/c1-15(18-11-19(28(29,30)31)13-20(12-18)37(39)40)32-23-22-14-21(25(41-6)35-24(22)34-16(2)33-23)17-7-9-36(10-8-17)26(38)42-27(3,4)5/h7,11-15H,8-10H2,1-6H3,(H,32,33,34,35)/t15-/m1/s1. The molecule has 1 atom stereocenters. The van der Waals surface area contributed by atoms with Crippen molar-refractivity contribution >= 4 is 34.2 Å². The van der Waals surface area contributed by atoms with Gasteiger partial charge in [-0.15, -0.1) is 0 Å². The van der Waals surface area contributed by atoms with Crippen molar-refractivity contribution in [2.24, 2.45) is 0 Å². The summed E-state index contributed by atoms with van der Waals surface area (Å²) < 4.78 is 51.4. The van der Waals surface area contributed by atoms with Crippen LogP contribution < -0.4 is 10.1 Å². The average molecular weight is 589 g/mol. The molecule has 0 aliphatic carbocycles. The number of benzene rings is 1. The van der Waals surface area contributed by atoms with Crippen molar-refractivity contribution in [2.75, 3.05) is 25.5 Å². The number of carbonyl (C=O) groups is 1. The SMILES string of the molecule is COc1nc2nc(C)nc(N[C@H](C)c3cc([N+](=O)[O-])cc(C(F)(F)F)c3)c2cc1C1=CCN(C(=O)OC(C)(C)C)CC1. The Morgan fingerprint density at radius 3 is 2.43 bits per heavy atom. The normalized spacial score (nSPS) is 14.8. The molecule has 42 heavy (non-hydrogen) atoms. The summed E-state index contributed by atoms with van der Waals surface area (Å²) in [5, 5.41) is 14.9. The van der Waals surface area contributed by atoms with E-state index >= 15 is 0 Å². The van der Waals surface area contributed by atoms with Gasteiger partial charge in [0.25, 0.3) is 5.69 Å². The zero-order chi connectivity index (χ0) is 31.0. The van der Waals surface area contributed by atoms with Crippen LogP contribution in [0.2, 0.25) is 0 Å². The van der Waals surface area contributed by atoms with Gasteiger partial charge in [-0.1, -0.05) is 6.08 Å². The molecule has 0 unspecified atom stereocenters. The summed E-state index contributed by atoms with van der Waals surface area (Å²) in [5.41, 5.74) is -0.553. The van der Waals surface area contributed by atoms with Crippen molar-refractivity contribution in [1.29, 1.82) is 0 Å². The Hall–Kier alpha value is -4.49. The minimum Gasteiger partial charge on any atom is -0.481 e. The summed E-state index contributed by atoms with van der Waals surface area (Å²) in [4.78, 5) is 38.0. The molecule has 0 bridgehead atoms. The van der Waals surface area contributed by atoms with Crippen LogP contribution in [-0.4, -0.2) is 56.7 Å². The Balaban J connectivity index is 1.71. The van der Waals surface area contributed by atoms with Crippen LogP contribution in [0.15, 0.2) is 30.3 Å². The summed E-state index contributed by atoms with van der Waals surface area (Å²) in [6.07, 6.45) is -2.81. The Kier molecular flexibility index (Phi) is 8.28. The zero-order valence-corrected chi connectivity index (χ0v) is 24.0. The molecular formula is C28H31F3N6O5. The molecular weight excluding hydrogens is 557 g/mol. The molecule has 3 aromatic rings. The highest BCUT2D eigenvalue weighted by molar-refractivity contribution is 5.91. The maximum Gasteiger partial charge on any atom is 0.416 e. The third kappa shape index (κ3) is 6.86. The maximum atomic E-state index is 13.5. The first-order valence-electron chi connectivity index (χ1n) is 13.1. The van der Waals surface area contributed by atoms with Gasteiger partial charge < -0.3 is 19.7 Å². The number of pyridine rings is 1. The third-order valence-electron chi connectivity index (χ3n) is 6.50. The van der Waals surface area contributed by atoms with Crippen LogP contribution in [0.5, 0.6) is 5.88 Å². The Morgan fingerprint density at radius 2 is 1.86 bits per heavy atom. The van der Waals surface area contributed by atoms with Gasteiger partial charge in [0.2, 0.25) is 5.88 Å². The summed E-state index contributed by atoms with van der Waals surface area (Å²) in [7, 11) is 1.48. The van der Waals surface area contributed by atoms with E-state index in [1.54, 1.807) is 45.6 Å². The van der Waals surface area contributed by atoms with Crippen LogP contribution in [0.4, 0.5) is 29.5 Å². The minimum atomic E-state index is -4.76. The lowest BCUT2D eigenvalue weighted by Crippen LogP contribution is -2.39. The zero-order valence-electron chi connectivity index (χ0n) is 24.0. The van der Waals surface area contributed by atoms with Gasteiger partial charge in [-0.2, -0.15) is 18.2 Å². The van der Waals surface area contributed by atoms with Crippen LogP contribution in [0, 0.1) is 17.0 Å². The van der Waals surface area contributed by atoms with Crippen molar-refractivity contribution in [3.05, 3.63) is 63.0 Å². The second-order valence-corrected chi connectivity index (χ2v) is 10.9. The van der Waals surface area contributed by atoms with Gasteiger partial charge in [0.1, 0.15) is 17.2 Å². The van der Waals surface area contributed by atoms with Gasteiger partial charge in [0, 0.05) is 30.8 Å². The molecule has 0 saturated carbocycles. The summed E-state index contributed by atoms with van der Waals surface area (Å²) >= 11 is 0. The van der Waals surface area contributed by atoms with E-state index in [2.05, 4.69) is 20.3 Å². The quantitative estimate of drug-likeness (QED) is 0.254. The molecule has 2 aromatic heterocycles. The number of nitro benzene ring substituents is 1. The number of anilines is 1. The monoisotopic (exact) mass is 588 g/mol. The lowest BCUT2D eigenvalue weighted by atomic mass is 9.99. The number of methoxy groups -OCH3 is 1. The van der Waals surface area contributed by atoms with E-state index in [0.717, 1.165) is 17.7 Å². The van der Waals surface area contributed by atoms with Crippen molar-refractivity contribution in [2.45, 2.75) is 58.9 Å². The van der Waals surface area contributed by atoms with Crippen molar-refractivity contribution in [3.8, 4) is 5.88 Å². The molecule has 1 N–H and O–H groups in total. The number of carbonyl (C=O) groups excluding carboxylic acids is 1. The number of nitrogens with one attached hydrogen (secondary N) is 1. The van der Waals surface area contributed by atoms with Gasteiger partial charge in [-0.05, 0) is 64.3 Å². The fraction of sp³-hybridized carbons (Fsp3) is 0.429. The number of aryl methyl sites for hydroxylation is 1. The van der Waals surface area contributed by atoms with E-state index in [-0.39, 0.29) is 11.4 Å². The largest absolute Gasteiger partial charge is 0.481 e. The van der Waals surface area contributed by atoms with Crippen molar-refractivity contribution in [1.82, 2.24) is 19.9 Å². The fourth-order valence-electron chi connectivity index (χ4n) is 4.49. The van der Waals surface area contributed by atoms with E-state index in [0.29, 0.717) is 53.9 Å². The number of non-ortho nitro benzene ring substituents is 1. The number of aromatic nitrogens is 3. The summed E-state index contributed by atoms with van der Waals surface area (Å²) in [5.74, 6) is 0.942. The summed E-state index contributed by atoms with van der Waals surface area (Å²) in [6, 6.07) is 3.45. The Bertz CT molecular complexity index is 1570. The smallest absolute Gasteiger partial charge is 0.416 e. The molecule has 1 aliphatic heterocycles. The highest BCUT2D eigenvalue weighted by atomic mass is 19.4. The number of halogens is 3. The number of amides is 1. The molecule has 1 aliphatic rings. The van der Waals surface area contributed by atoms with Gasteiger partial charge in [0.15, 0.2) is 5.65 Å². The van der Waals surface area contributed by atoms with E-state index < -0.39 is 40.1 Å². The molecule has 1 amide bonds. The molecule has 0 radical (unpaired) electrons. The number of hydrogen-bond acceptors (Lipinski definition) is 9. The molecule has 224 valence electrons. The van der Waals surface area contributed by atoms with Gasteiger partial charge in [-0.3, -0.25) is 10.1 Å². The highest BCUT2D eigenvalue weighted by Gasteiger charge is 2.33. The molecule has 4 rings (SSSR count). The van der Waals surface area contributed by atoms with E-state index in [4.69, 9.17) is 9.47 Å². The Morgan fingerprint density at radius 1 is 1.14 bits per heavy atom. The predicted octanol–water partition coefficient (Wildman–Crippen LogP) is 6.47. The fourth-order valence-corrected chi connectivity index (χ4v) is 4.49. The number of nitro groups is 1. The summed E-state index contributed by atoms with van der Waals surface area (Å²) in [6.45, 7) is 9.33. The molecule has 3 heterocycles. The molecule has 0 spiro atoms. The van der Waals surface area contributed by atoms with Crippen LogP contribution in [0.25, 0.3) is 16.6 Å². The van der Waals surface area contributed by atoms with E-state index in [9.17, 15) is 28.1 Å². The van der Waals surface area contributed by atoms with Crippen LogP contribution in [0.1, 0.15) is 62.7 Å². The predicted molar refractivity (Wildman–Crippen MR) is 149 cm³/mol. The molecule has 11 nitrogen and oxygen atoms in total. The number of ether oxygens (including phenoxy) is 2. The second-order valence-electron chi connectivity index (χ2n) is 10.9. The van der Waals surface area contributed by atoms with Crippen LogP contribution in [0.3, 0.4) is 0 Å². The lowest BCUT2D eigenvalue weighted by molar-refractivity contribution is -0.385. The first-order chi connectivity index (χ1) is 19.6. The van der Waals surface area contributed by atoms with E-state index in [1.807, 2.05) is 6.08 Å². The first kappa shape index (κ1) is 30.5. The van der Waals surface area contributed by atoms with Crippen molar-refractivity contribution < 1.29 is 32.4 Å². The third-order valence-corrected chi connectivity index (χ3v) is 6.50. The van der Waals surface area contributed by atoms with Gasteiger partial charge in [0.05, 0.1) is 29.0 Å². The number of fused-ring (bicyclic) bond motifs is 1. The molecule has 0 saturated heterocycles.